The van der Waals surface area contributed by atoms with E-state index in [1.807, 2.05) is 13.8 Å². The molecule has 0 aromatic carbocycles. The maximum Gasteiger partial charge on any atom is 0.293 e. The van der Waals surface area contributed by atoms with Crippen molar-refractivity contribution in [3.05, 3.63) is 0 Å². The predicted octanol–water partition coefficient (Wildman–Crippen LogP) is 3.56. The van der Waals surface area contributed by atoms with Gasteiger partial charge in [0.15, 0.2) is 0 Å². The quantitative estimate of drug-likeness (QED) is 0.682. The van der Waals surface area contributed by atoms with Crippen molar-refractivity contribution < 1.29 is 14.3 Å². The van der Waals surface area contributed by atoms with Gasteiger partial charge >= 0.3 is 0 Å². The van der Waals surface area contributed by atoms with Crippen LogP contribution in [0.2, 0.25) is 0 Å². The van der Waals surface area contributed by atoms with Crippen molar-refractivity contribution in [2.45, 2.75) is 72.0 Å². The molecule has 1 rings (SSSR count). The van der Waals surface area contributed by atoms with E-state index in [4.69, 9.17) is 9.47 Å². The third kappa shape index (κ3) is 4.97. The molecule has 0 N–H and O–H groups in total. The molecule has 1 aliphatic rings. The van der Waals surface area contributed by atoms with Crippen molar-refractivity contribution in [1.29, 1.82) is 0 Å². The molecule has 106 valence electrons. The fourth-order valence-corrected chi connectivity index (χ4v) is 3.03. The second kappa shape index (κ2) is 6.05. The monoisotopic (exact) mass is 256 g/mol. The Labute approximate surface area is 111 Å². The Morgan fingerprint density at radius 3 is 2.67 bits per heavy atom. The van der Waals surface area contributed by atoms with E-state index in [2.05, 4.69) is 20.8 Å². The second-order valence-corrected chi connectivity index (χ2v) is 7.01. The lowest BCUT2D eigenvalue weighted by Crippen LogP contribution is -2.39. The standard InChI is InChI=1S/C15H28O3/c1-12(18-15(4,5)10-17-11-16)13-7-6-8-14(2,3)9-13/h11-13H,6-10H2,1-5H3. The molecule has 0 aromatic rings. The third-order valence-electron chi connectivity index (χ3n) is 3.91. The van der Waals surface area contributed by atoms with Crippen LogP contribution in [0.1, 0.15) is 60.3 Å². The van der Waals surface area contributed by atoms with Crippen LogP contribution in [0.25, 0.3) is 0 Å². The Bertz CT molecular complexity index is 271. The van der Waals surface area contributed by atoms with Crippen LogP contribution in [0.15, 0.2) is 0 Å². The molecule has 3 heteroatoms. The minimum Gasteiger partial charge on any atom is -0.465 e. The highest BCUT2D eigenvalue weighted by molar-refractivity contribution is 5.37. The molecule has 0 saturated heterocycles. The molecule has 18 heavy (non-hydrogen) atoms. The van der Waals surface area contributed by atoms with Crippen LogP contribution in [0, 0.1) is 11.3 Å². The minimum absolute atomic E-state index is 0.217. The van der Waals surface area contributed by atoms with E-state index in [0.29, 0.717) is 24.4 Å². The lowest BCUT2D eigenvalue weighted by Gasteiger charge is -2.40. The lowest BCUT2D eigenvalue weighted by atomic mass is 9.71. The summed E-state index contributed by atoms with van der Waals surface area (Å²) in [5.41, 5.74) is 0.0336. The van der Waals surface area contributed by atoms with Crippen molar-refractivity contribution in [1.82, 2.24) is 0 Å². The van der Waals surface area contributed by atoms with Crippen LogP contribution < -0.4 is 0 Å². The van der Waals surface area contributed by atoms with Gasteiger partial charge in [-0.25, -0.2) is 0 Å². The van der Waals surface area contributed by atoms with Gasteiger partial charge in [-0.05, 0) is 51.4 Å². The average Bonchev–Trinajstić information content (AvgIpc) is 2.24. The van der Waals surface area contributed by atoms with Crippen LogP contribution in [-0.4, -0.2) is 24.8 Å². The van der Waals surface area contributed by atoms with Gasteiger partial charge in [-0.3, -0.25) is 4.79 Å². The highest BCUT2D eigenvalue weighted by atomic mass is 16.6. The zero-order chi connectivity index (χ0) is 13.8. The van der Waals surface area contributed by atoms with E-state index >= 15 is 0 Å². The Morgan fingerprint density at radius 1 is 1.44 bits per heavy atom. The Balaban J connectivity index is 2.48. The van der Waals surface area contributed by atoms with Crippen molar-refractivity contribution in [3.63, 3.8) is 0 Å². The van der Waals surface area contributed by atoms with Crippen molar-refractivity contribution in [3.8, 4) is 0 Å². The number of hydrogen-bond acceptors (Lipinski definition) is 3. The molecule has 0 bridgehead atoms. The molecule has 0 amide bonds. The molecule has 1 saturated carbocycles. The molecule has 0 radical (unpaired) electrons. The van der Waals surface area contributed by atoms with E-state index in [0.717, 1.165) is 0 Å². The highest BCUT2D eigenvalue weighted by Crippen LogP contribution is 2.41. The summed E-state index contributed by atoms with van der Waals surface area (Å²) in [4.78, 5) is 10.2. The summed E-state index contributed by atoms with van der Waals surface area (Å²) in [6, 6.07) is 0. The normalized spacial score (nSPS) is 25.5. The smallest absolute Gasteiger partial charge is 0.293 e. The molecule has 0 spiro atoms. The molecular formula is C15H28O3. The zero-order valence-corrected chi connectivity index (χ0v) is 12.5. The zero-order valence-electron chi connectivity index (χ0n) is 12.5. The predicted molar refractivity (Wildman–Crippen MR) is 72.4 cm³/mol. The Hall–Kier alpha value is -0.570. The van der Waals surface area contributed by atoms with Gasteiger partial charge in [0.05, 0.1) is 11.7 Å². The molecule has 2 unspecified atom stereocenters. The van der Waals surface area contributed by atoms with Crippen LogP contribution in [0.5, 0.6) is 0 Å². The number of carbonyl (C=O) groups is 1. The molecule has 2 atom stereocenters. The summed E-state index contributed by atoms with van der Waals surface area (Å²) >= 11 is 0. The molecular weight excluding hydrogens is 228 g/mol. The summed E-state index contributed by atoms with van der Waals surface area (Å²) in [5, 5.41) is 0. The van der Waals surface area contributed by atoms with E-state index in [1.54, 1.807) is 0 Å². The van der Waals surface area contributed by atoms with Gasteiger partial charge in [0.2, 0.25) is 0 Å². The van der Waals surface area contributed by atoms with Crippen LogP contribution in [0.4, 0.5) is 0 Å². The Morgan fingerprint density at radius 2 is 2.11 bits per heavy atom. The van der Waals surface area contributed by atoms with E-state index < -0.39 is 5.60 Å². The number of rotatable bonds is 6. The molecule has 0 aromatic heterocycles. The third-order valence-corrected chi connectivity index (χ3v) is 3.91. The van der Waals surface area contributed by atoms with Crippen LogP contribution in [0.3, 0.4) is 0 Å². The first-order chi connectivity index (χ1) is 8.26. The number of carbonyl (C=O) groups excluding carboxylic acids is 1. The van der Waals surface area contributed by atoms with Crippen molar-refractivity contribution in [2.24, 2.45) is 11.3 Å². The molecule has 1 aliphatic carbocycles. The molecule has 3 nitrogen and oxygen atoms in total. The number of hydrogen-bond donors (Lipinski definition) is 0. The van der Waals surface area contributed by atoms with Gasteiger partial charge in [-0.1, -0.05) is 20.3 Å². The minimum atomic E-state index is -0.401. The van der Waals surface area contributed by atoms with Gasteiger partial charge in [0.25, 0.3) is 6.47 Å². The van der Waals surface area contributed by atoms with E-state index in [9.17, 15) is 4.79 Å². The summed E-state index contributed by atoms with van der Waals surface area (Å²) in [6.45, 7) is 11.6. The lowest BCUT2D eigenvalue weighted by molar-refractivity contribution is -0.150. The van der Waals surface area contributed by atoms with Crippen LogP contribution in [-0.2, 0) is 14.3 Å². The summed E-state index contributed by atoms with van der Waals surface area (Å²) in [6.07, 6.45) is 5.29. The van der Waals surface area contributed by atoms with E-state index in [-0.39, 0.29) is 6.10 Å². The fraction of sp³-hybridized carbons (Fsp3) is 0.933. The van der Waals surface area contributed by atoms with Crippen LogP contribution >= 0.6 is 0 Å². The molecule has 0 heterocycles. The van der Waals surface area contributed by atoms with E-state index in [1.165, 1.54) is 25.7 Å². The van der Waals surface area contributed by atoms with Crippen molar-refractivity contribution >= 4 is 6.47 Å². The SMILES string of the molecule is CC(OC(C)(C)COC=O)C1CCCC(C)(C)C1. The second-order valence-electron chi connectivity index (χ2n) is 7.01. The van der Waals surface area contributed by atoms with Gasteiger partial charge in [0, 0.05) is 0 Å². The average molecular weight is 256 g/mol. The van der Waals surface area contributed by atoms with Crippen molar-refractivity contribution in [2.75, 3.05) is 6.61 Å². The van der Waals surface area contributed by atoms with Gasteiger partial charge in [-0.15, -0.1) is 0 Å². The summed E-state index contributed by atoms with van der Waals surface area (Å²) in [5.74, 6) is 0.615. The fourth-order valence-electron chi connectivity index (χ4n) is 3.03. The largest absolute Gasteiger partial charge is 0.465 e. The number of ether oxygens (including phenoxy) is 2. The first kappa shape index (κ1) is 15.5. The summed E-state index contributed by atoms with van der Waals surface area (Å²) in [7, 11) is 0. The maximum absolute atomic E-state index is 10.2. The maximum atomic E-state index is 10.2. The topological polar surface area (TPSA) is 35.5 Å². The molecule has 0 aliphatic heterocycles. The first-order valence-electron chi connectivity index (χ1n) is 6.99. The first-order valence-corrected chi connectivity index (χ1v) is 6.99. The van der Waals surface area contributed by atoms with Gasteiger partial charge in [0.1, 0.15) is 6.61 Å². The van der Waals surface area contributed by atoms with Gasteiger partial charge < -0.3 is 9.47 Å². The highest BCUT2D eigenvalue weighted by Gasteiger charge is 2.34. The molecule has 1 fully saturated rings. The van der Waals surface area contributed by atoms with Gasteiger partial charge in [-0.2, -0.15) is 0 Å². The Kier molecular flexibility index (Phi) is 5.20. The summed E-state index contributed by atoms with van der Waals surface area (Å²) < 4.78 is 10.9.